The number of ether oxygens (including phenoxy) is 1. The highest BCUT2D eigenvalue weighted by molar-refractivity contribution is 9.10. The summed E-state index contributed by atoms with van der Waals surface area (Å²) in [5.41, 5.74) is 1.04. The van der Waals surface area contributed by atoms with Gasteiger partial charge in [0.05, 0.1) is 4.47 Å². The molecule has 3 rings (SSSR count). The molecule has 0 atom stereocenters. The number of rotatable bonds is 4. The van der Waals surface area contributed by atoms with Crippen LogP contribution >= 0.6 is 15.9 Å². The molecule has 0 unspecified atom stereocenters. The van der Waals surface area contributed by atoms with Gasteiger partial charge in [-0.3, -0.25) is 0 Å². The molecule has 0 saturated heterocycles. The predicted octanol–water partition coefficient (Wildman–Crippen LogP) is 4.62. The molecule has 0 amide bonds. The fourth-order valence-corrected chi connectivity index (χ4v) is 2.75. The summed E-state index contributed by atoms with van der Waals surface area (Å²) in [7, 11) is 1.85. The Bertz CT molecular complexity index is 756. The third-order valence-corrected chi connectivity index (χ3v) is 4.12. The van der Waals surface area contributed by atoms with E-state index in [0.29, 0.717) is 6.61 Å². The molecule has 1 aromatic heterocycles. The molecule has 21 heavy (non-hydrogen) atoms. The molecule has 0 aliphatic heterocycles. The first-order chi connectivity index (χ1) is 10.3. The lowest BCUT2D eigenvalue weighted by molar-refractivity contribution is 0.304. The zero-order valence-electron chi connectivity index (χ0n) is 11.6. The zero-order valence-corrected chi connectivity index (χ0v) is 13.2. The first kappa shape index (κ1) is 13.9. The summed E-state index contributed by atoms with van der Waals surface area (Å²) >= 11 is 3.63. The number of benzene rings is 2. The summed E-state index contributed by atoms with van der Waals surface area (Å²) < 4.78 is 6.88. The van der Waals surface area contributed by atoms with Crippen molar-refractivity contribution in [1.29, 1.82) is 0 Å². The Morgan fingerprint density at radius 3 is 2.71 bits per heavy atom. The number of halogens is 1. The second kappa shape index (κ2) is 6.14. The third kappa shape index (κ3) is 3.00. The van der Waals surface area contributed by atoms with E-state index in [1.165, 1.54) is 5.39 Å². The number of hydrogen-bond acceptors (Lipinski definition) is 3. The lowest BCUT2D eigenvalue weighted by Crippen LogP contribution is -1.98. The van der Waals surface area contributed by atoms with Crippen LogP contribution in [0.25, 0.3) is 10.8 Å². The number of fused-ring (bicyclic) bond motifs is 1. The molecule has 106 valence electrons. The van der Waals surface area contributed by atoms with Crippen molar-refractivity contribution in [1.82, 2.24) is 4.98 Å². The van der Waals surface area contributed by atoms with Gasteiger partial charge in [-0.05, 0) is 38.8 Å². The number of anilines is 1. The van der Waals surface area contributed by atoms with Crippen molar-refractivity contribution in [3.8, 4) is 5.75 Å². The minimum Gasteiger partial charge on any atom is -0.488 e. The Morgan fingerprint density at radius 1 is 1.10 bits per heavy atom. The summed E-state index contributed by atoms with van der Waals surface area (Å²) in [5.74, 6) is 1.69. The SMILES string of the molecule is CNc1ccc(COc2ccc3ccccc3c2Br)cn1. The lowest BCUT2D eigenvalue weighted by Gasteiger charge is -2.10. The Hall–Kier alpha value is -2.07. The standard InChI is InChI=1S/C17H15BrN2O/c1-19-16-9-6-12(10-20-16)11-21-15-8-7-13-4-2-3-5-14(13)17(15)18/h2-10H,11H2,1H3,(H,19,20). The van der Waals surface area contributed by atoms with Gasteiger partial charge in [-0.15, -0.1) is 0 Å². The first-order valence-electron chi connectivity index (χ1n) is 6.70. The largest absolute Gasteiger partial charge is 0.488 e. The van der Waals surface area contributed by atoms with Crippen molar-refractivity contribution in [3.63, 3.8) is 0 Å². The van der Waals surface area contributed by atoms with E-state index in [4.69, 9.17) is 4.74 Å². The normalized spacial score (nSPS) is 10.6. The Kier molecular flexibility index (Phi) is 4.06. The average molecular weight is 343 g/mol. The summed E-state index contributed by atoms with van der Waals surface area (Å²) in [6.07, 6.45) is 1.82. The van der Waals surface area contributed by atoms with Gasteiger partial charge in [0.25, 0.3) is 0 Å². The third-order valence-electron chi connectivity index (χ3n) is 3.30. The maximum atomic E-state index is 5.90. The molecule has 0 aliphatic carbocycles. The molecule has 0 spiro atoms. The highest BCUT2D eigenvalue weighted by Gasteiger charge is 2.06. The molecular formula is C17H15BrN2O. The van der Waals surface area contributed by atoms with E-state index in [2.05, 4.69) is 44.4 Å². The fourth-order valence-electron chi connectivity index (χ4n) is 2.14. The number of nitrogens with zero attached hydrogens (tertiary/aromatic N) is 1. The van der Waals surface area contributed by atoms with Gasteiger partial charge in [0, 0.05) is 18.8 Å². The van der Waals surface area contributed by atoms with Crippen molar-refractivity contribution in [2.45, 2.75) is 6.61 Å². The molecule has 3 nitrogen and oxygen atoms in total. The maximum absolute atomic E-state index is 5.90. The number of hydrogen-bond donors (Lipinski definition) is 1. The summed E-state index contributed by atoms with van der Waals surface area (Å²) in [6.45, 7) is 0.494. The van der Waals surface area contributed by atoms with Crippen LogP contribution in [0.5, 0.6) is 5.75 Å². The molecule has 0 bridgehead atoms. The molecule has 2 aromatic carbocycles. The summed E-state index contributed by atoms with van der Waals surface area (Å²) in [6, 6.07) is 16.2. The maximum Gasteiger partial charge on any atom is 0.134 e. The number of nitrogens with one attached hydrogen (secondary N) is 1. The van der Waals surface area contributed by atoms with Crippen LogP contribution in [0, 0.1) is 0 Å². The second-order valence-corrected chi connectivity index (χ2v) is 5.48. The van der Waals surface area contributed by atoms with Crippen LogP contribution in [0.4, 0.5) is 5.82 Å². The minimum absolute atomic E-state index is 0.494. The molecule has 1 heterocycles. The lowest BCUT2D eigenvalue weighted by atomic mass is 10.1. The van der Waals surface area contributed by atoms with Gasteiger partial charge < -0.3 is 10.1 Å². The summed E-state index contributed by atoms with van der Waals surface area (Å²) in [5, 5.41) is 5.34. The highest BCUT2D eigenvalue weighted by Crippen LogP contribution is 2.33. The van der Waals surface area contributed by atoms with E-state index in [-0.39, 0.29) is 0 Å². The van der Waals surface area contributed by atoms with Crippen LogP contribution in [0.3, 0.4) is 0 Å². The average Bonchev–Trinajstić information content (AvgIpc) is 2.55. The van der Waals surface area contributed by atoms with Crippen molar-refractivity contribution in [2.75, 3.05) is 12.4 Å². The van der Waals surface area contributed by atoms with Crippen LogP contribution in [0.15, 0.2) is 59.2 Å². The van der Waals surface area contributed by atoms with Crippen LogP contribution in [-0.4, -0.2) is 12.0 Å². The van der Waals surface area contributed by atoms with Crippen LogP contribution in [0.2, 0.25) is 0 Å². The van der Waals surface area contributed by atoms with Gasteiger partial charge in [-0.2, -0.15) is 0 Å². The first-order valence-corrected chi connectivity index (χ1v) is 7.50. The minimum atomic E-state index is 0.494. The van der Waals surface area contributed by atoms with Crippen molar-refractivity contribution >= 4 is 32.5 Å². The van der Waals surface area contributed by atoms with Crippen LogP contribution < -0.4 is 10.1 Å². The van der Waals surface area contributed by atoms with Gasteiger partial charge in [0.1, 0.15) is 18.2 Å². The zero-order chi connectivity index (χ0) is 14.7. The van der Waals surface area contributed by atoms with Crippen LogP contribution in [0.1, 0.15) is 5.56 Å². The van der Waals surface area contributed by atoms with Gasteiger partial charge >= 0.3 is 0 Å². The van der Waals surface area contributed by atoms with E-state index in [1.807, 2.05) is 43.6 Å². The van der Waals surface area contributed by atoms with E-state index >= 15 is 0 Å². The molecule has 0 saturated carbocycles. The molecule has 4 heteroatoms. The van der Waals surface area contributed by atoms with E-state index < -0.39 is 0 Å². The molecule has 0 fully saturated rings. The van der Waals surface area contributed by atoms with E-state index in [9.17, 15) is 0 Å². The predicted molar refractivity (Wildman–Crippen MR) is 89.8 cm³/mol. The van der Waals surface area contributed by atoms with Gasteiger partial charge in [-0.1, -0.05) is 36.4 Å². The fraction of sp³-hybridized carbons (Fsp3) is 0.118. The highest BCUT2D eigenvalue weighted by atomic mass is 79.9. The number of pyridine rings is 1. The Labute approximate surface area is 132 Å². The summed E-state index contributed by atoms with van der Waals surface area (Å²) in [4.78, 5) is 4.28. The Balaban J connectivity index is 1.79. The van der Waals surface area contributed by atoms with E-state index in [0.717, 1.165) is 27.0 Å². The molecule has 1 N–H and O–H groups in total. The molecule has 0 radical (unpaired) electrons. The van der Waals surface area contributed by atoms with Crippen molar-refractivity contribution < 1.29 is 4.74 Å². The van der Waals surface area contributed by atoms with Gasteiger partial charge in [0.2, 0.25) is 0 Å². The Morgan fingerprint density at radius 2 is 1.95 bits per heavy atom. The molecular weight excluding hydrogens is 328 g/mol. The van der Waals surface area contributed by atoms with Crippen LogP contribution in [-0.2, 0) is 6.61 Å². The van der Waals surface area contributed by atoms with Crippen molar-refractivity contribution in [3.05, 3.63) is 64.8 Å². The van der Waals surface area contributed by atoms with E-state index in [1.54, 1.807) is 0 Å². The molecule has 3 aromatic rings. The quantitative estimate of drug-likeness (QED) is 0.751. The molecule has 0 aliphatic rings. The smallest absolute Gasteiger partial charge is 0.134 e. The van der Waals surface area contributed by atoms with Crippen molar-refractivity contribution in [2.24, 2.45) is 0 Å². The monoisotopic (exact) mass is 342 g/mol. The topological polar surface area (TPSA) is 34.1 Å². The van der Waals surface area contributed by atoms with Gasteiger partial charge in [-0.25, -0.2) is 4.98 Å². The number of aromatic nitrogens is 1. The van der Waals surface area contributed by atoms with Gasteiger partial charge in [0.15, 0.2) is 0 Å². The second-order valence-electron chi connectivity index (χ2n) is 4.69.